The monoisotopic (exact) mass is 353 g/mol. The van der Waals surface area contributed by atoms with E-state index in [0.717, 1.165) is 21.4 Å². The Kier molecular flexibility index (Phi) is 5.40. The largest absolute Gasteiger partial charge is 0.497 e. The van der Waals surface area contributed by atoms with Crippen molar-refractivity contribution >= 4 is 23.4 Å². The fraction of sp³-hybridized carbons (Fsp3) is 0.158. The molecule has 5 nitrogen and oxygen atoms in total. The van der Waals surface area contributed by atoms with Crippen molar-refractivity contribution in [3.05, 3.63) is 71.5 Å². The zero-order valence-corrected chi connectivity index (χ0v) is 14.9. The number of anilines is 1. The Bertz CT molecular complexity index is 801. The van der Waals surface area contributed by atoms with Crippen LogP contribution >= 0.6 is 11.8 Å². The van der Waals surface area contributed by atoms with Crippen molar-refractivity contribution in [3.63, 3.8) is 0 Å². The maximum Gasteiger partial charge on any atom is 0.255 e. The van der Waals surface area contributed by atoms with Crippen LogP contribution in [-0.4, -0.2) is 31.6 Å². The molecule has 1 N–H and O–H groups in total. The normalized spacial score (nSPS) is 13.4. The zero-order valence-electron chi connectivity index (χ0n) is 14.1. The zero-order chi connectivity index (χ0) is 17.6. The quantitative estimate of drug-likeness (QED) is 0.894. The third-order valence-corrected chi connectivity index (χ3v) is 4.80. The number of allylic oxidation sites excluding steroid dienone is 2. The van der Waals surface area contributed by atoms with E-state index in [2.05, 4.69) is 10.3 Å². The van der Waals surface area contributed by atoms with Crippen LogP contribution in [0, 0.1) is 0 Å². The van der Waals surface area contributed by atoms with Gasteiger partial charge in [-0.25, -0.2) is 0 Å². The van der Waals surface area contributed by atoms with E-state index >= 15 is 0 Å². The van der Waals surface area contributed by atoms with Crippen LogP contribution in [0.25, 0.3) is 0 Å². The van der Waals surface area contributed by atoms with Gasteiger partial charge in [-0.15, -0.1) is 0 Å². The predicted molar refractivity (Wildman–Crippen MR) is 101 cm³/mol. The maximum absolute atomic E-state index is 12.6. The molecule has 1 aliphatic heterocycles. The van der Waals surface area contributed by atoms with E-state index in [0.29, 0.717) is 12.1 Å². The summed E-state index contributed by atoms with van der Waals surface area (Å²) in [5.41, 5.74) is 1.49. The number of carbonyl (C=O) groups is 1. The van der Waals surface area contributed by atoms with Crippen molar-refractivity contribution in [1.29, 1.82) is 0 Å². The smallest absolute Gasteiger partial charge is 0.255 e. The van der Waals surface area contributed by atoms with E-state index in [9.17, 15) is 4.79 Å². The number of rotatable bonds is 5. The van der Waals surface area contributed by atoms with Crippen LogP contribution < -0.4 is 15.0 Å². The molecule has 0 saturated carbocycles. The van der Waals surface area contributed by atoms with E-state index in [1.165, 1.54) is 0 Å². The van der Waals surface area contributed by atoms with Crippen molar-refractivity contribution in [1.82, 2.24) is 10.3 Å². The Balaban J connectivity index is 1.66. The molecule has 3 rings (SSSR count). The number of nitrogens with one attached hydrogen (secondary N) is 1. The second kappa shape index (κ2) is 7.90. The van der Waals surface area contributed by atoms with Crippen molar-refractivity contribution in [2.24, 2.45) is 0 Å². The van der Waals surface area contributed by atoms with Gasteiger partial charge in [-0.1, -0.05) is 11.8 Å². The topological polar surface area (TPSA) is 54.5 Å². The lowest BCUT2D eigenvalue weighted by molar-refractivity contribution is -0.114. The summed E-state index contributed by atoms with van der Waals surface area (Å²) in [5.74, 6) is 0.798. The second-order valence-corrected chi connectivity index (χ2v) is 6.54. The van der Waals surface area contributed by atoms with E-state index in [1.807, 2.05) is 48.6 Å². The number of amides is 1. The van der Waals surface area contributed by atoms with Gasteiger partial charge in [0.25, 0.3) is 5.91 Å². The van der Waals surface area contributed by atoms with Gasteiger partial charge >= 0.3 is 0 Å². The first-order valence-corrected chi connectivity index (χ1v) is 8.64. The third kappa shape index (κ3) is 4.22. The molecular formula is C19H19N3O2S. The number of likely N-dealkylation sites (N-methyl/N-ethyl adjacent to an activating group) is 1. The SMILES string of the molecule is COc1ccc(SC2=CC=C(C(=O)N(C)c3cccnc3)CN2)cc1. The molecule has 1 aromatic heterocycles. The molecule has 128 valence electrons. The predicted octanol–water partition coefficient (Wildman–Crippen LogP) is 3.22. The number of hydrogen-bond donors (Lipinski definition) is 1. The van der Waals surface area contributed by atoms with Gasteiger partial charge < -0.3 is 15.0 Å². The molecule has 0 unspecified atom stereocenters. The van der Waals surface area contributed by atoms with Crippen molar-refractivity contribution < 1.29 is 9.53 Å². The van der Waals surface area contributed by atoms with Gasteiger partial charge in [0, 0.05) is 30.3 Å². The lowest BCUT2D eigenvalue weighted by atomic mass is 10.1. The number of pyridine rings is 1. The highest BCUT2D eigenvalue weighted by atomic mass is 32.2. The molecule has 1 amide bonds. The van der Waals surface area contributed by atoms with Gasteiger partial charge in [0.2, 0.25) is 0 Å². The van der Waals surface area contributed by atoms with Crippen LogP contribution in [0.3, 0.4) is 0 Å². The first-order chi connectivity index (χ1) is 12.2. The second-order valence-electron chi connectivity index (χ2n) is 5.43. The van der Waals surface area contributed by atoms with E-state index in [-0.39, 0.29) is 5.91 Å². The summed E-state index contributed by atoms with van der Waals surface area (Å²) >= 11 is 1.62. The minimum Gasteiger partial charge on any atom is -0.497 e. The van der Waals surface area contributed by atoms with Crippen LogP contribution in [-0.2, 0) is 4.79 Å². The Morgan fingerprint density at radius 1 is 1.24 bits per heavy atom. The number of hydrogen-bond acceptors (Lipinski definition) is 5. The third-order valence-electron chi connectivity index (χ3n) is 3.79. The molecule has 0 aliphatic carbocycles. The summed E-state index contributed by atoms with van der Waals surface area (Å²) in [6, 6.07) is 11.6. The number of carbonyl (C=O) groups excluding carboxylic acids is 1. The number of benzene rings is 1. The molecule has 2 heterocycles. The van der Waals surface area contributed by atoms with Crippen LogP contribution in [0.2, 0.25) is 0 Å². The van der Waals surface area contributed by atoms with Gasteiger partial charge in [-0.3, -0.25) is 9.78 Å². The standard InChI is InChI=1S/C19H19N3O2S/c1-22(15-4-3-11-20-13-15)19(23)14-5-10-18(21-12-14)25-17-8-6-16(24-2)7-9-17/h3-11,13,21H,12H2,1-2H3. The Labute approximate surface area is 151 Å². The summed E-state index contributed by atoms with van der Waals surface area (Å²) in [5, 5.41) is 4.30. The molecule has 25 heavy (non-hydrogen) atoms. The molecule has 1 aromatic carbocycles. The summed E-state index contributed by atoms with van der Waals surface area (Å²) in [4.78, 5) is 19.3. The molecule has 0 saturated heterocycles. The highest BCUT2D eigenvalue weighted by Gasteiger charge is 2.18. The molecule has 1 aliphatic rings. The van der Waals surface area contributed by atoms with Gasteiger partial charge in [0.15, 0.2) is 0 Å². The minimum absolute atomic E-state index is 0.0368. The molecule has 0 bridgehead atoms. The fourth-order valence-electron chi connectivity index (χ4n) is 2.35. The van der Waals surface area contributed by atoms with Crippen molar-refractivity contribution in [2.45, 2.75) is 4.90 Å². The number of dihydropyridines is 1. The van der Waals surface area contributed by atoms with Crippen molar-refractivity contribution in [2.75, 3.05) is 25.6 Å². The average Bonchev–Trinajstić information content (AvgIpc) is 2.69. The van der Waals surface area contributed by atoms with Crippen LogP contribution in [0.5, 0.6) is 5.75 Å². The van der Waals surface area contributed by atoms with E-state index in [4.69, 9.17) is 4.74 Å². The Hall–Kier alpha value is -2.73. The number of methoxy groups -OCH3 is 1. The average molecular weight is 353 g/mol. The molecule has 6 heteroatoms. The van der Waals surface area contributed by atoms with Crippen LogP contribution in [0.15, 0.2) is 76.4 Å². The van der Waals surface area contributed by atoms with E-state index in [1.54, 1.807) is 43.2 Å². The first-order valence-electron chi connectivity index (χ1n) is 7.82. The molecule has 0 fully saturated rings. The molecular weight excluding hydrogens is 334 g/mol. The number of nitrogens with zero attached hydrogens (tertiary/aromatic N) is 2. The van der Waals surface area contributed by atoms with Gasteiger partial charge in [-0.2, -0.15) is 0 Å². The van der Waals surface area contributed by atoms with Crippen LogP contribution in [0.4, 0.5) is 5.69 Å². The number of ether oxygens (including phenoxy) is 1. The van der Waals surface area contributed by atoms with Crippen LogP contribution in [0.1, 0.15) is 0 Å². The Morgan fingerprint density at radius 2 is 2.04 bits per heavy atom. The Morgan fingerprint density at radius 3 is 2.64 bits per heavy atom. The lowest BCUT2D eigenvalue weighted by Gasteiger charge is -2.21. The molecule has 0 spiro atoms. The van der Waals surface area contributed by atoms with Gasteiger partial charge in [0.05, 0.1) is 24.0 Å². The first kappa shape index (κ1) is 17.1. The number of aromatic nitrogens is 1. The van der Waals surface area contributed by atoms with Gasteiger partial charge in [-0.05, 0) is 48.6 Å². The molecule has 2 aromatic rings. The van der Waals surface area contributed by atoms with Crippen molar-refractivity contribution in [3.8, 4) is 5.75 Å². The summed E-state index contributed by atoms with van der Waals surface area (Å²) in [6.07, 6.45) is 7.17. The highest BCUT2D eigenvalue weighted by molar-refractivity contribution is 8.03. The maximum atomic E-state index is 12.6. The minimum atomic E-state index is -0.0368. The highest BCUT2D eigenvalue weighted by Crippen LogP contribution is 2.28. The molecule has 0 radical (unpaired) electrons. The summed E-state index contributed by atoms with van der Waals surface area (Å²) < 4.78 is 5.16. The van der Waals surface area contributed by atoms with E-state index < -0.39 is 0 Å². The molecule has 0 atom stereocenters. The van der Waals surface area contributed by atoms with Gasteiger partial charge in [0.1, 0.15) is 5.75 Å². The summed E-state index contributed by atoms with van der Waals surface area (Å²) in [7, 11) is 3.41. The lowest BCUT2D eigenvalue weighted by Crippen LogP contribution is -2.33. The fourth-order valence-corrected chi connectivity index (χ4v) is 3.16. The summed E-state index contributed by atoms with van der Waals surface area (Å²) in [6.45, 7) is 0.498. The number of thioether (sulfide) groups is 1.